The Kier molecular flexibility index (Phi) is 3.28. The van der Waals surface area contributed by atoms with Crippen molar-refractivity contribution in [3.63, 3.8) is 0 Å². The van der Waals surface area contributed by atoms with Crippen LogP contribution in [0.15, 0.2) is 6.20 Å². The third kappa shape index (κ3) is 2.64. The summed E-state index contributed by atoms with van der Waals surface area (Å²) in [5.41, 5.74) is 0.586. The Morgan fingerprint density at radius 3 is 2.79 bits per heavy atom. The standard InChI is InChI=1S/C12H15ClN4O2/c1-6-3-8(4-7(2)18-6)19-11-9-5-14-17-10(9)15-12(13)16-11/h5-8H,3-4H2,1-2H3,(H,14,15,16,17). The van der Waals surface area contributed by atoms with E-state index in [1.54, 1.807) is 6.20 Å². The third-order valence-electron chi connectivity index (χ3n) is 3.18. The van der Waals surface area contributed by atoms with Crippen LogP contribution in [0.5, 0.6) is 5.88 Å². The lowest BCUT2D eigenvalue weighted by atomic mass is 10.0. The summed E-state index contributed by atoms with van der Waals surface area (Å²) in [6, 6.07) is 0. The predicted molar refractivity (Wildman–Crippen MR) is 70.4 cm³/mol. The van der Waals surface area contributed by atoms with Gasteiger partial charge in [0.25, 0.3) is 0 Å². The Hall–Kier alpha value is -1.40. The molecule has 2 aromatic rings. The van der Waals surface area contributed by atoms with Crippen LogP contribution in [0.1, 0.15) is 26.7 Å². The maximum absolute atomic E-state index is 5.97. The number of H-pyrrole nitrogens is 1. The Morgan fingerprint density at radius 2 is 2.05 bits per heavy atom. The Bertz CT molecular complexity index is 578. The van der Waals surface area contributed by atoms with Crippen LogP contribution >= 0.6 is 11.6 Å². The monoisotopic (exact) mass is 282 g/mol. The van der Waals surface area contributed by atoms with E-state index in [-0.39, 0.29) is 23.6 Å². The average Bonchev–Trinajstić information content (AvgIpc) is 2.75. The van der Waals surface area contributed by atoms with Gasteiger partial charge in [0.1, 0.15) is 11.5 Å². The second kappa shape index (κ2) is 4.94. The summed E-state index contributed by atoms with van der Waals surface area (Å²) >= 11 is 5.88. The van der Waals surface area contributed by atoms with Gasteiger partial charge in [-0.2, -0.15) is 15.1 Å². The van der Waals surface area contributed by atoms with Crippen LogP contribution in [0.25, 0.3) is 11.0 Å². The number of halogens is 1. The summed E-state index contributed by atoms with van der Waals surface area (Å²) in [4.78, 5) is 8.20. The zero-order valence-corrected chi connectivity index (χ0v) is 11.5. The molecule has 0 bridgehead atoms. The van der Waals surface area contributed by atoms with Gasteiger partial charge in [0.15, 0.2) is 5.65 Å². The van der Waals surface area contributed by atoms with E-state index in [0.29, 0.717) is 11.5 Å². The van der Waals surface area contributed by atoms with E-state index in [4.69, 9.17) is 21.1 Å². The number of aromatic amines is 1. The Morgan fingerprint density at radius 1 is 1.32 bits per heavy atom. The first kappa shape index (κ1) is 12.6. The molecule has 0 aromatic carbocycles. The average molecular weight is 283 g/mol. The lowest BCUT2D eigenvalue weighted by Gasteiger charge is -2.31. The molecule has 7 heteroatoms. The normalized spacial score (nSPS) is 27.6. The third-order valence-corrected chi connectivity index (χ3v) is 3.35. The lowest BCUT2D eigenvalue weighted by molar-refractivity contribution is -0.0726. The van der Waals surface area contributed by atoms with E-state index < -0.39 is 0 Å². The second-order valence-corrected chi connectivity index (χ2v) is 5.24. The zero-order valence-electron chi connectivity index (χ0n) is 10.8. The minimum atomic E-state index is 0.0721. The van der Waals surface area contributed by atoms with E-state index in [1.165, 1.54) is 0 Å². The van der Waals surface area contributed by atoms with Gasteiger partial charge in [-0.1, -0.05) is 0 Å². The maximum atomic E-state index is 5.97. The van der Waals surface area contributed by atoms with Crippen molar-refractivity contribution in [1.82, 2.24) is 20.2 Å². The van der Waals surface area contributed by atoms with E-state index in [2.05, 4.69) is 20.2 Å². The molecule has 1 aliphatic heterocycles. The molecule has 0 saturated carbocycles. The number of ether oxygens (including phenoxy) is 2. The Labute approximate surface area is 115 Å². The van der Waals surface area contributed by atoms with Gasteiger partial charge in [0.2, 0.25) is 11.2 Å². The minimum Gasteiger partial charge on any atom is -0.474 e. The fraction of sp³-hybridized carbons (Fsp3) is 0.583. The Balaban J connectivity index is 1.86. The van der Waals surface area contributed by atoms with Crippen LogP contribution in [0, 0.1) is 0 Å². The van der Waals surface area contributed by atoms with Gasteiger partial charge < -0.3 is 9.47 Å². The van der Waals surface area contributed by atoms with Crippen LogP contribution in [-0.2, 0) is 4.74 Å². The van der Waals surface area contributed by atoms with Crippen molar-refractivity contribution in [2.45, 2.75) is 45.0 Å². The van der Waals surface area contributed by atoms with Gasteiger partial charge in [0, 0.05) is 12.8 Å². The minimum absolute atomic E-state index is 0.0721. The summed E-state index contributed by atoms with van der Waals surface area (Å²) in [7, 11) is 0. The van der Waals surface area contributed by atoms with Crippen LogP contribution in [0.2, 0.25) is 5.28 Å². The molecule has 19 heavy (non-hydrogen) atoms. The van der Waals surface area contributed by atoms with Crippen molar-refractivity contribution >= 4 is 22.6 Å². The summed E-state index contributed by atoms with van der Waals surface area (Å²) in [6.07, 6.45) is 3.77. The molecule has 1 fully saturated rings. The molecule has 2 atom stereocenters. The summed E-state index contributed by atoms with van der Waals surface area (Å²) in [5.74, 6) is 0.482. The van der Waals surface area contributed by atoms with E-state index in [1.807, 2.05) is 13.8 Å². The smallest absolute Gasteiger partial charge is 0.229 e. The van der Waals surface area contributed by atoms with Crippen molar-refractivity contribution in [1.29, 1.82) is 0 Å². The topological polar surface area (TPSA) is 72.9 Å². The molecule has 2 aromatic heterocycles. The molecule has 0 aliphatic carbocycles. The summed E-state index contributed by atoms with van der Waals surface area (Å²) < 4.78 is 11.7. The number of aromatic nitrogens is 4. The number of hydrogen-bond donors (Lipinski definition) is 1. The summed E-state index contributed by atoms with van der Waals surface area (Å²) in [6.45, 7) is 4.10. The van der Waals surface area contributed by atoms with Gasteiger partial charge in [0.05, 0.1) is 18.4 Å². The molecule has 0 spiro atoms. The fourth-order valence-electron chi connectivity index (χ4n) is 2.47. The SMILES string of the molecule is CC1CC(Oc2nc(Cl)nc3[nH]ncc23)CC(C)O1. The van der Waals surface area contributed by atoms with Crippen LogP contribution in [0.3, 0.4) is 0 Å². The first-order valence-corrected chi connectivity index (χ1v) is 6.68. The van der Waals surface area contributed by atoms with Gasteiger partial charge in [-0.3, -0.25) is 5.10 Å². The lowest BCUT2D eigenvalue weighted by Crippen LogP contribution is -2.35. The first-order valence-electron chi connectivity index (χ1n) is 6.30. The number of fused-ring (bicyclic) bond motifs is 1. The van der Waals surface area contributed by atoms with Crippen molar-refractivity contribution in [3.8, 4) is 5.88 Å². The number of rotatable bonds is 2. The number of hydrogen-bond acceptors (Lipinski definition) is 5. The molecule has 3 heterocycles. The molecule has 1 aliphatic rings. The molecular formula is C12H15ClN4O2. The zero-order chi connectivity index (χ0) is 13.4. The largest absolute Gasteiger partial charge is 0.474 e. The van der Waals surface area contributed by atoms with Gasteiger partial charge in [-0.15, -0.1) is 0 Å². The molecule has 6 nitrogen and oxygen atoms in total. The quantitative estimate of drug-likeness (QED) is 0.856. The summed E-state index contributed by atoms with van der Waals surface area (Å²) in [5, 5.41) is 7.60. The molecule has 2 unspecified atom stereocenters. The second-order valence-electron chi connectivity index (χ2n) is 4.90. The van der Waals surface area contributed by atoms with Gasteiger partial charge in [-0.05, 0) is 25.4 Å². The van der Waals surface area contributed by atoms with Crippen LogP contribution in [-0.4, -0.2) is 38.5 Å². The predicted octanol–water partition coefficient (Wildman–Crippen LogP) is 2.34. The fourth-order valence-corrected chi connectivity index (χ4v) is 2.63. The molecular weight excluding hydrogens is 268 g/mol. The first-order chi connectivity index (χ1) is 9.11. The molecule has 102 valence electrons. The highest BCUT2D eigenvalue weighted by molar-refractivity contribution is 6.28. The van der Waals surface area contributed by atoms with Crippen LogP contribution < -0.4 is 4.74 Å². The highest BCUT2D eigenvalue weighted by Crippen LogP contribution is 2.27. The molecule has 0 radical (unpaired) electrons. The molecule has 0 amide bonds. The van der Waals surface area contributed by atoms with Crippen molar-refractivity contribution in [2.75, 3.05) is 0 Å². The van der Waals surface area contributed by atoms with E-state index >= 15 is 0 Å². The van der Waals surface area contributed by atoms with Gasteiger partial charge >= 0.3 is 0 Å². The maximum Gasteiger partial charge on any atom is 0.229 e. The van der Waals surface area contributed by atoms with E-state index in [0.717, 1.165) is 18.2 Å². The van der Waals surface area contributed by atoms with Crippen molar-refractivity contribution < 1.29 is 9.47 Å². The van der Waals surface area contributed by atoms with Crippen molar-refractivity contribution in [3.05, 3.63) is 11.5 Å². The number of nitrogens with zero attached hydrogens (tertiary/aromatic N) is 3. The van der Waals surface area contributed by atoms with Crippen LogP contribution in [0.4, 0.5) is 0 Å². The molecule has 1 saturated heterocycles. The van der Waals surface area contributed by atoms with E-state index in [9.17, 15) is 0 Å². The highest BCUT2D eigenvalue weighted by Gasteiger charge is 2.27. The molecule has 3 rings (SSSR count). The number of nitrogens with one attached hydrogen (secondary N) is 1. The molecule has 1 N–H and O–H groups in total. The van der Waals surface area contributed by atoms with Crippen molar-refractivity contribution in [2.24, 2.45) is 0 Å². The highest BCUT2D eigenvalue weighted by atomic mass is 35.5. The van der Waals surface area contributed by atoms with Gasteiger partial charge in [-0.25, -0.2) is 0 Å².